The summed E-state index contributed by atoms with van der Waals surface area (Å²) in [7, 11) is 0. The Balaban J connectivity index is 0.000000318. The summed E-state index contributed by atoms with van der Waals surface area (Å²) < 4.78 is 0. The van der Waals surface area contributed by atoms with Gasteiger partial charge in [0.1, 0.15) is 0 Å². The van der Waals surface area contributed by atoms with E-state index in [0.29, 0.717) is 0 Å². The molecule has 1 heteroatoms. The Morgan fingerprint density at radius 3 is 1.94 bits per heavy atom. The first-order valence-corrected chi connectivity index (χ1v) is 5.47. The maximum absolute atomic E-state index is 3.44. The quantitative estimate of drug-likeness (QED) is 0.459. The zero-order chi connectivity index (χ0) is 11.5. The van der Waals surface area contributed by atoms with E-state index in [2.05, 4.69) is 52.8 Å². The average Bonchev–Trinajstić information content (AvgIpc) is 2.76. The van der Waals surface area contributed by atoms with Gasteiger partial charge in [0.25, 0.3) is 0 Å². The number of hydrogen-bond donors (Lipinski definition) is 0. The van der Waals surface area contributed by atoms with E-state index >= 15 is 0 Å². The van der Waals surface area contributed by atoms with Gasteiger partial charge in [-0.15, -0.1) is 13.3 Å². The van der Waals surface area contributed by atoms with Crippen molar-refractivity contribution < 1.29 is 19.5 Å². The Morgan fingerprint density at radius 1 is 1.19 bits per heavy atom. The maximum atomic E-state index is 3.44. The first-order chi connectivity index (χ1) is 6.95. The van der Waals surface area contributed by atoms with Gasteiger partial charge in [-0.2, -0.15) is 17.2 Å². The third kappa shape index (κ3) is 3.87. The molecule has 1 radical (unpaired) electrons. The van der Waals surface area contributed by atoms with Crippen LogP contribution in [0.1, 0.15) is 41.0 Å². The fourth-order valence-electron chi connectivity index (χ4n) is 1.75. The minimum Gasteiger partial charge on any atom is -0.273 e. The topological polar surface area (TPSA) is 0 Å². The normalized spacial score (nSPS) is 20.2. The van der Waals surface area contributed by atoms with Gasteiger partial charge in [-0.1, -0.05) is 33.1 Å². The molecule has 0 aliphatic heterocycles. The third-order valence-electron chi connectivity index (χ3n) is 3.15. The average molecular weight is 303 g/mol. The molecule has 0 fully saturated rings. The van der Waals surface area contributed by atoms with E-state index in [9.17, 15) is 0 Å². The molecule has 2 rings (SSSR count). The second kappa shape index (κ2) is 6.35. The molecule has 0 amide bonds. The third-order valence-corrected chi connectivity index (χ3v) is 3.15. The van der Waals surface area contributed by atoms with Crippen LogP contribution in [0.15, 0.2) is 34.9 Å². The van der Waals surface area contributed by atoms with Crippen LogP contribution in [0.25, 0.3) is 0 Å². The van der Waals surface area contributed by atoms with Crippen LogP contribution in [0.4, 0.5) is 0 Å². The molecule has 0 bridgehead atoms. The van der Waals surface area contributed by atoms with Crippen molar-refractivity contribution in [2.24, 2.45) is 5.41 Å². The van der Waals surface area contributed by atoms with E-state index < -0.39 is 0 Å². The van der Waals surface area contributed by atoms with Crippen molar-refractivity contribution in [3.8, 4) is 0 Å². The summed E-state index contributed by atoms with van der Waals surface area (Å²) in [6.45, 7) is 10.9. The van der Waals surface area contributed by atoms with E-state index in [1.54, 1.807) is 0 Å². The number of rotatable bonds is 0. The van der Waals surface area contributed by atoms with E-state index in [0.717, 1.165) is 6.42 Å². The van der Waals surface area contributed by atoms with Gasteiger partial charge in [-0.05, 0) is 0 Å². The summed E-state index contributed by atoms with van der Waals surface area (Å²) >= 11 is 0. The number of hydrogen-bond acceptors (Lipinski definition) is 0. The number of allylic oxidation sites excluding steroid dienone is 8. The van der Waals surface area contributed by atoms with Crippen LogP contribution in [0.5, 0.6) is 0 Å². The van der Waals surface area contributed by atoms with Crippen LogP contribution >= 0.6 is 0 Å². The first kappa shape index (κ1) is 15.6. The molecule has 0 unspecified atom stereocenters. The van der Waals surface area contributed by atoms with Gasteiger partial charge in [0.05, 0.1) is 0 Å². The van der Waals surface area contributed by atoms with Gasteiger partial charge >= 0.3 is 19.5 Å². The molecule has 0 saturated carbocycles. The summed E-state index contributed by atoms with van der Waals surface area (Å²) in [6.07, 6.45) is 13.4. The molecule has 2 aliphatic carbocycles. The zero-order valence-corrected chi connectivity index (χ0v) is 12.4. The molecule has 0 aromatic heterocycles. The Kier molecular flexibility index (Phi) is 6.19. The molecule has 0 spiro atoms. The molecule has 89 valence electrons. The monoisotopic (exact) mass is 303 g/mol. The summed E-state index contributed by atoms with van der Waals surface area (Å²) in [5, 5.41) is 0. The van der Waals surface area contributed by atoms with Crippen molar-refractivity contribution >= 4 is 0 Å². The van der Waals surface area contributed by atoms with Gasteiger partial charge < -0.3 is 0 Å². The van der Waals surface area contributed by atoms with Gasteiger partial charge in [0, 0.05) is 0 Å². The molecule has 0 aromatic rings. The van der Waals surface area contributed by atoms with E-state index in [1.165, 1.54) is 16.7 Å². The molecular formula is C15H20Rh. The molecule has 0 heterocycles. The van der Waals surface area contributed by atoms with Crippen LogP contribution in [0.3, 0.4) is 0 Å². The van der Waals surface area contributed by atoms with Gasteiger partial charge in [-0.25, -0.2) is 17.7 Å². The molecule has 16 heavy (non-hydrogen) atoms. The van der Waals surface area contributed by atoms with Crippen LogP contribution in [0, 0.1) is 17.6 Å². The van der Waals surface area contributed by atoms with Crippen molar-refractivity contribution in [2.75, 3.05) is 0 Å². The summed E-state index contributed by atoms with van der Waals surface area (Å²) in [6, 6.07) is 0. The smallest absolute Gasteiger partial charge is 0.273 e. The van der Waals surface area contributed by atoms with E-state index in [-0.39, 0.29) is 24.9 Å². The summed E-state index contributed by atoms with van der Waals surface area (Å²) in [4.78, 5) is 0. The minimum absolute atomic E-state index is 0. The summed E-state index contributed by atoms with van der Waals surface area (Å²) in [5.41, 5.74) is 4.39. The molecular weight excluding hydrogens is 283 g/mol. The van der Waals surface area contributed by atoms with Crippen molar-refractivity contribution in [3.63, 3.8) is 0 Å². The predicted molar refractivity (Wildman–Crippen MR) is 66.2 cm³/mol. The fraction of sp³-hybridized carbons (Fsp3) is 0.467. The maximum Gasteiger partial charge on any atom is 2.00 e. The molecule has 0 atom stereocenters. The molecule has 0 aromatic carbocycles. The molecule has 2 aliphatic rings. The summed E-state index contributed by atoms with van der Waals surface area (Å²) in [5.74, 6) is 0. The van der Waals surface area contributed by atoms with Gasteiger partial charge in [0.2, 0.25) is 0 Å². The van der Waals surface area contributed by atoms with Crippen molar-refractivity contribution in [2.45, 2.75) is 41.0 Å². The zero-order valence-electron chi connectivity index (χ0n) is 10.8. The van der Waals surface area contributed by atoms with Crippen molar-refractivity contribution in [3.05, 3.63) is 47.1 Å². The standard InChI is InChI=1S/C10H15.C5H5.Rh/c1-7-6-10(4,5)9(3)8(7)2;1-2-4-5-3-1;/h1-5H3;1-3H,4H2;/q2*-1;+2. The van der Waals surface area contributed by atoms with E-state index in [4.69, 9.17) is 0 Å². The molecule has 0 nitrogen and oxygen atoms in total. The van der Waals surface area contributed by atoms with Gasteiger partial charge in [-0.3, -0.25) is 12.2 Å². The van der Waals surface area contributed by atoms with Gasteiger partial charge in [0.15, 0.2) is 0 Å². The Bertz CT molecular complexity index is 342. The van der Waals surface area contributed by atoms with Crippen LogP contribution in [-0.4, -0.2) is 0 Å². The van der Waals surface area contributed by atoms with Crippen LogP contribution in [-0.2, 0) is 19.5 Å². The van der Waals surface area contributed by atoms with E-state index in [1.807, 2.05) is 12.2 Å². The fourth-order valence-corrected chi connectivity index (χ4v) is 1.75. The van der Waals surface area contributed by atoms with Crippen LogP contribution in [0.2, 0.25) is 0 Å². The second-order valence-corrected chi connectivity index (χ2v) is 4.63. The Morgan fingerprint density at radius 2 is 1.81 bits per heavy atom. The van der Waals surface area contributed by atoms with Crippen molar-refractivity contribution in [1.82, 2.24) is 0 Å². The minimum atomic E-state index is 0. The Hall–Kier alpha value is -0.417. The first-order valence-electron chi connectivity index (χ1n) is 5.47. The predicted octanol–water partition coefficient (Wildman–Crippen LogP) is 4.42. The Labute approximate surface area is 113 Å². The van der Waals surface area contributed by atoms with Crippen LogP contribution < -0.4 is 0 Å². The largest absolute Gasteiger partial charge is 2.00 e. The second-order valence-electron chi connectivity index (χ2n) is 4.63. The van der Waals surface area contributed by atoms with Crippen molar-refractivity contribution in [1.29, 1.82) is 0 Å². The molecule has 0 N–H and O–H groups in total. The molecule has 0 saturated heterocycles. The SMILES string of the molecule is CC1=[C-]C(C)(C)C(C)=C1C.[C-]1=CC=CC1.[Rh+2].